The highest BCUT2D eigenvalue weighted by Crippen LogP contribution is 2.34. The first kappa shape index (κ1) is 14.4. The van der Waals surface area contributed by atoms with Gasteiger partial charge in [0.2, 0.25) is 12.7 Å². The minimum Gasteiger partial charge on any atom is -0.454 e. The van der Waals surface area contributed by atoms with Crippen molar-refractivity contribution in [1.82, 2.24) is 4.57 Å². The Bertz CT molecular complexity index is 1000. The Morgan fingerprint density at radius 2 is 2.00 bits per heavy atom. The van der Waals surface area contributed by atoms with Crippen LogP contribution in [0.1, 0.15) is 5.56 Å². The maximum absolute atomic E-state index is 12.2. The first-order chi connectivity index (χ1) is 11.6. The van der Waals surface area contributed by atoms with E-state index in [0.717, 1.165) is 5.56 Å². The smallest absolute Gasteiger partial charge is 0.419 e. The number of carbonyl (C=O) groups excluding carboxylic acids is 1. The van der Waals surface area contributed by atoms with Crippen molar-refractivity contribution in [1.29, 1.82) is 0 Å². The van der Waals surface area contributed by atoms with Crippen LogP contribution >= 0.6 is 0 Å². The van der Waals surface area contributed by atoms with Gasteiger partial charge < -0.3 is 19.2 Å². The third kappa shape index (κ3) is 2.50. The molecule has 0 bridgehead atoms. The molecule has 0 saturated carbocycles. The monoisotopic (exact) mass is 326 g/mol. The van der Waals surface area contributed by atoms with Gasteiger partial charge in [0, 0.05) is 18.8 Å². The summed E-state index contributed by atoms with van der Waals surface area (Å²) in [5.74, 6) is 0.690. The van der Waals surface area contributed by atoms with Gasteiger partial charge >= 0.3 is 5.76 Å². The molecule has 2 aromatic carbocycles. The summed E-state index contributed by atoms with van der Waals surface area (Å²) in [6, 6.07) is 10.5. The van der Waals surface area contributed by atoms with E-state index in [1.165, 1.54) is 4.57 Å². The standard InChI is InChI=1S/C17H14N2O5/c1-19-12-6-10(2-4-13(12)24-17(19)21)7-16(20)18-11-3-5-14-15(8-11)23-9-22-14/h2-6,8H,7,9H2,1H3,(H,18,20). The van der Waals surface area contributed by atoms with E-state index >= 15 is 0 Å². The molecule has 0 atom stereocenters. The predicted molar refractivity (Wildman–Crippen MR) is 86.4 cm³/mol. The van der Waals surface area contributed by atoms with Gasteiger partial charge in [-0.15, -0.1) is 0 Å². The lowest BCUT2D eigenvalue weighted by atomic mass is 10.1. The van der Waals surface area contributed by atoms with E-state index in [0.29, 0.717) is 28.3 Å². The number of benzene rings is 2. The number of amides is 1. The fourth-order valence-corrected chi connectivity index (χ4v) is 2.65. The number of nitrogens with zero attached hydrogens (tertiary/aromatic N) is 1. The van der Waals surface area contributed by atoms with Gasteiger partial charge in [-0.25, -0.2) is 4.79 Å². The maximum atomic E-state index is 12.2. The Labute approximate surface area is 136 Å². The minimum atomic E-state index is -0.424. The molecular formula is C17H14N2O5. The van der Waals surface area contributed by atoms with Crippen LogP contribution in [0.2, 0.25) is 0 Å². The summed E-state index contributed by atoms with van der Waals surface area (Å²) in [6.45, 7) is 0.191. The van der Waals surface area contributed by atoms with Gasteiger partial charge in [0.05, 0.1) is 11.9 Å². The Morgan fingerprint density at radius 1 is 1.17 bits per heavy atom. The average Bonchev–Trinajstić information content (AvgIpc) is 3.13. The summed E-state index contributed by atoms with van der Waals surface area (Å²) < 4.78 is 17.0. The maximum Gasteiger partial charge on any atom is 0.419 e. The van der Waals surface area contributed by atoms with Crippen LogP contribution < -0.4 is 20.5 Å². The second-order valence-corrected chi connectivity index (χ2v) is 5.52. The number of fused-ring (bicyclic) bond motifs is 2. The van der Waals surface area contributed by atoms with Crippen molar-refractivity contribution in [3.8, 4) is 11.5 Å². The summed E-state index contributed by atoms with van der Waals surface area (Å²) in [5.41, 5.74) is 2.59. The number of carbonyl (C=O) groups is 1. The number of hydrogen-bond donors (Lipinski definition) is 1. The predicted octanol–water partition coefficient (Wildman–Crippen LogP) is 2.04. The van der Waals surface area contributed by atoms with Crippen LogP contribution in [0.4, 0.5) is 5.69 Å². The molecule has 7 nitrogen and oxygen atoms in total. The van der Waals surface area contributed by atoms with Crippen molar-refractivity contribution in [2.75, 3.05) is 12.1 Å². The second kappa shape index (κ2) is 5.45. The molecule has 2 heterocycles. The largest absolute Gasteiger partial charge is 0.454 e. The number of ether oxygens (including phenoxy) is 2. The number of oxazole rings is 1. The summed E-state index contributed by atoms with van der Waals surface area (Å²) in [6.07, 6.45) is 0.184. The summed E-state index contributed by atoms with van der Waals surface area (Å²) in [7, 11) is 1.63. The topological polar surface area (TPSA) is 82.7 Å². The Morgan fingerprint density at radius 3 is 2.88 bits per heavy atom. The fourth-order valence-electron chi connectivity index (χ4n) is 2.65. The van der Waals surface area contributed by atoms with Crippen LogP contribution in [0.3, 0.4) is 0 Å². The Balaban J connectivity index is 1.51. The molecule has 7 heteroatoms. The average molecular weight is 326 g/mol. The number of rotatable bonds is 3. The molecule has 0 saturated heterocycles. The molecule has 1 aliphatic rings. The van der Waals surface area contributed by atoms with Gasteiger partial charge in [-0.05, 0) is 29.8 Å². The zero-order chi connectivity index (χ0) is 16.7. The first-order valence-electron chi connectivity index (χ1n) is 7.38. The molecule has 4 rings (SSSR count). The van der Waals surface area contributed by atoms with Crippen molar-refractivity contribution >= 4 is 22.7 Å². The molecule has 0 unspecified atom stereocenters. The van der Waals surface area contributed by atoms with E-state index in [-0.39, 0.29) is 19.1 Å². The van der Waals surface area contributed by atoms with Crippen molar-refractivity contribution < 1.29 is 18.7 Å². The zero-order valence-electron chi connectivity index (χ0n) is 12.9. The van der Waals surface area contributed by atoms with Gasteiger partial charge in [0.15, 0.2) is 17.1 Å². The molecule has 0 radical (unpaired) electrons. The normalized spacial score (nSPS) is 12.5. The van der Waals surface area contributed by atoms with Crippen LogP contribution in [-0.2, 0) is 18.3 Å². The van der Waals surface area contributed by atoms with Crippen LogP contribution in [0.15, 0.2) is 45.6 Å². The molecule has 122 valence electrons. The third-order valence-electron chi connectivity index (χ3n) is 3.88. The van der Waals surface area contributed by atoms with E-state index < -0.39 is 5.76 Å². The van der Waals surface area contributed by atoms with Gasteiger partial charge in [-0.3, -0.25) is 9.36 Å². The highest BCUT2D eigenvalue weighted by molar-refractivity contribution is 5.93. The number of aryl methyl sites for hydroxylation is 1. The molecule has 3 aromatic rings. The van der Waals surface area contributed by atoms with Gasteiger partial charge in [-0.2, -0.15) is 0 Å². The van der Waals surface area contributed by atoms with E-state index in [1.54, 1.807) is 43.4 Å². The fraction of sp³-hybridized carbons (Fsp3) is 0.176. The van der Waals surface area contributed by atoms with Gasteiger partial charge in [-0.1, -0.05) is 6.07 Å². The van der Waals surface area contributed by atoms with Gasteiger partial charge in [0.1, 0.15) is 0 Å². The summed E-state index contributed by atoms with van der Waals surface area (Å²) >= 11 is 0. The van der Waals surface area contributed by atoms with E-state index in [4.69, 9.17) is 13.9 Å². The Kier molecular flexibility index (Phi) is 3.26. The van der Waals surface area contributed by atoms with E-state index in [1.807, 2.05) is 0 Å². The molecule has 0 aliphatic carbocycles. The molecular weight excluding hydrogens is 312 g/mol. The lowest BCUT2D eigenvalue weighted by molar-refractivity contribution is -0.115. The molecule has 1 N–H and O–H groups in total. The first-order valence-corrected chi connectivity index (χ1v) is 7.38. The Hall–Kier alpha value is -3.22. The molecule has 0 fully saturated rings. The van der Waals surface area contributed by atoms with Crippen LogP contribution in [-0.4, -0.2) is 17.3 Å². The van der Waals surface area contributed by atoms with Gasteiger partial charge in [0.25, 0.3) is 0 Å². The molecule has 1 aliphatic heterocycles. The van der Waals surface area contributed by atoms with Crippen molar-refractivity contribution in [2.24, 2.45) is 7.05 Å². The number of hydrogen-bond acceptors (Lipinski definition) is 5. The quantitative estimate of drug-likeness (QED) is 0.796. The number of anilines is 1. The third-order valence-corrected chi connectivity index (χ3v) is 3.88. The number of aromatic nitrogens is 1. The number of nitrogens with one attached hydrogen (secondary N) is 1. The van der Waals surface area contributed by atoms with Crippen molar-refractivity contribution in [3.63, 3.8) is 0 Å². The van der Waals surface area contributed by atoms with E-state index in [9.17, 15) is 9.59 Å². The highest BCUT2D eigenvalue weighted by atomic mass is 16.7. The molecule has 1 amide bonds. The van der Waals surface area contributed by atoms with Crippen LogP contribution in [0, 0.1) is 0 Å². The lowest BCUT2D eigenvalue weighted by Crippen LogP contribution is -2.14. The minimum absolute atomic E-state index is 0.165. The SMILES string of the molecule is Cn1c(=O)oc2ccc(CC(=O)Nc3ccc4c(c3)OCO4)cc21. The van der Waals surface area contributed by atoms with Crippen LogP contribution in [0.5, 0.6) is 11.5 Å². The van der Waals surface area contributed by atoms with Crippen molar-refractivity contribution in [3.05, 3.63) is 52.5 Å². The van der Waals surface area contributed by atoms with Crippen molar-refractivity contribution in [2.45, 2.75) is 6.42 Å². The van der Waals surface area contributed by atoms with E-state index in [2.05, 4.69) is 5.32 Å². The second-order valence-electron chi connectivity index (χ2n) is 5.52. The molecule has 0 spiro atoms. The zero-order valence-corrected chi connectivity index (χ0v) is 12.9. The molecule has 1 aromatic heterocycles. The summed E-state index contributed by atoms with van der Waals surface area (Å²) in [5, 5.41) is 2.82. The lowest BCUT2D eigenvalue weighted by Gasteiger charge is -2.06. The van der Waals surface area contributed by atoms with Crippen LogP contribution in [0.25, 0.3) is 11.1 Å². The highest BCUT2D eigenvalue weighted by Gasteiger charge is 2.14. The molecule has 24 heavy (non-hydrogen) atoms. The summed E-state index contributed by atoms with van der Waals surface area (Å²) in [4.78, 5) is 23.7.